The summed E-state index contributed by atoms with van der Waals surface area (Å²) in [5.74, 6) is 0. The molecule has 36 heavy (non-hydrogen) atoms. The average Bonchev–Trinajstić information content (AvgIpc) is 2.89. The van der Waals surface area contributed by atoms with Crippen LogP contribution in [0.5, 0.6) is 0 Å². The Labute approximate surface area is 230 Å². The summed E-state index contributed by atoms with van der Waals surface area (Å²) in [6, 6.07) is 0. The molecular formula is C36H69. The maximum absolute atomic E-state index is 2.57. The molecule has 0 bridgehead atoms. The summed E-state index contributed by atoms with van der Waals surface area (Å²) in [5, 5.41) is 0. The highest BCUT2D eigenvalue weighted by atomic mass is 14.0. The van der Waals surface area contributed by atoms with Crippen LogP contribution in [-0.4, -0.2) is 0 Å². The molecule has 0 aliphatic heterocycles. The molecule has 0 atom stereocenters. The van der Waals surface area contributed by atoms with Crippen molar-refractivity contribution in [1.82, 2.24) is 0 Å². The van der Waals surface area contributed by atoms with E-state index in [1.54, 1.807) is 0 Å². The van der Waals surface area contributed by atoms with Crippen LogP contribution in [-0.2, 0) is 0 Å². The van der Waals surface area contributed by atoms with Crippen LogP contribution in [0.1, 0.15) is 200 Å². The van der Waals surface area contributed by atoms with Gasteiger partial charge in [0.2, 0.25) is 0 Å². The van der Waals surface area contributed by atoms with Gasteiger partial charge in [0.05, 0.1) is 0 Å². The lowest BCUT2D eigenvalue weighted by atomic mass is 10.0. The first-order valence-electron chi connectivity index (χ1n) is 17.0. The van der Waals surface area contributed by atoms with Crippen LogP contribution < -0.4 is 0 Å². The first-order chi connectivity index (χ1) is 17.9. The second kappa shape index (κ2) is 34.5. The van der Waals surface area contributed by atoms with E-state index in [9.17, 15) is 0 Å². The molecule has 0 aliphatic carbocycles. The third-order valence-corrected chi connectivity index (χ3v) is 7.59. The Morgan fingerprint density at radius 3 is 0.750 bits per heavy atom. The molecule has 0 heterocycles. The zero-order valence-electron chi connectivity index (χ0n) is 25.4. The van der Waals surface area contributed by atoms with Crippen molar-refractivity contribution in [1.29, 1.82) is 0 Å². The second-order valence-corrected chi connectivity index (χ2v) is 11.4. The van der Waals surface area contributed by atoms with Crippen LogP contribution in [0.4, 0.5) is 0 Å². The second-order valence-electron chi connectivity index (χ2n) is 11.4. The van der Waals surface area contributed by atoms with E-state index in [-0.39, 0.29) is 0 Å². The molecule has 0 heteroatoms. The fourth-order valence-corrected chi connectivity index (χ4v) is 5.04. The molecule has 0 N–H and O–H groups in total. The summed E-state index contributed by atoms with van der Waals surface area (Å²) in [6.45, 7) is 4.59. The monoisotopic (exact) mass is 502 g/mol. The number of rotatable bonds is 31. The van der Waals surface area contributed by atoms with Crippen LogP contribution in [0.2, 0.25) is 0 Å². The minimum Gasteiger partial charge on any atom is -0.0885 e. The normalized spacial score (nSPS) is 11.9. The van der Waals surface area contributed by atoms with Gasteiger partial charge in [0.15, 0.2) is 0 Å². The van der Waals surface area contributed by atoms with Crippen LogP contribution >= 0.6 is 0 Å². The molecular weight excluding hydrogens is 432 g/mol. The number of hydrogen-bond donors (Lipinski definition) is 0. The smallest absolute Gasteiger partial charge is 0.0351 e. The van der Waals surface area contributed by atoms with E-state index in [1.165, 1.54) is 186 Å². The Hall–Kier alpha value is -0.520. The fraction of sp³-hybridized carbons (Fsp3) is 0.861. The predicted molar refractivity (Wildman–Crippen MR) is 168 cm³/mol. The van der Waals surface area contributed by atoms with Gasteiger partial charge in [-0.25, -0.2) is 0 Å². The largest absolute Gasteiger partial charge is 0.0885 e. The highest BCUT2D eigenvalue weighted by Crippen LogP contribution is 2.14. The average molecular weight is 502 g/mol. The molecule has 0 aromatic rings. The Morgan fingerprint density at radius 1 is 0.250 bits per heavy atom. The van der Waals surface area contributed by atoms with Crippen LogP contribution in [0.25, 0.3) is 0 Å². The van der Waals surface area contributed by atoms with E-state index in [4.69, 9.17) is 0 Å². The Kier molecular flexibility index (Phi) is 34.0. The lowest BCUT2D eigenvalue weighted by Crippen LogP contribution is -1.84. The SMILES string of the molecule is CCCCCCCCC=CCCCCCCC[CH]CCCCCCCCC=CCCCCCCCC. The number of hydrogen-bond acceptors (Lipinski definition) is 0. The number of allylic oxidation sites excluding steroid dienone is 4. The minimum atomic E-state index is 1.30. The summed E-state index contributed by atoms with van der Waals surface area (Å²) in [4.78, 5) is 0. The Morgan fingerprint density at radius 2 is 0.472 bits per heavy atom. The van der Waals surface area contributed by atoms with Gasteiger partial charge in [-0.1, -0.05) is 173 Å². The summed E-state index contributed by atoms with van der Waals surface area (Å²) in [5.41, 5.74) is 0. The van der Waals surface area contributed by atoms with Gasteiger partial charge in [0, 0.05) is 0 Å². The summed E-state index contributed by atoms with van der Waals surface area (Å²) in [6.07, 6.45) is 52.9. The molecule has 0 aromatic heterocycles. The van der Waals surface area contributed by atoms with E-state index >= 15 is 0 Å². The molecule has 0 amide bonds. The Balaban J connectivity index is 3.09. The molecule has 0 aliphatic rings. The van der Waals surface area contributed by atoms with Gasteiger partial charge in [-0.2, -0.15) is 0 Å². The quantitative estimate of drug-likeness (QED) is 0.0654. The van der Waals surface area contributed by atoms with Gasteiger partial charge < -0.3 is 0 Å². The van der Waals surface area contributed by atoms with Crippen molar-refractivity contribution in [2.24, 2.45) is 0 Å². The number of unbranched alkanes of at least 4 members (excludes halogenated alkanes) is 27. The van der Waals surface area contributed by atoms with Gasteiger partial charge in [0.1, 0.15) is 0 Å². The topological polar surface area (TPSA) is 0 Å². The van der Waals surface area contributed by atoms with Gasteiger partial charge >= 0.3 is 0 Å². The van der Waals surface area contributed by atoms with Gasteiger partial charge in [-0.05, 0) is 57.8 Å². The van der Waals surface area contributed by atoms with Crippen molar-refractivity contribution < 1.29 is 0 Å². The minimum absolute atomic E-state index is 1.30. The van der Waals surface area contributed by atoms with Crippen molar-refractivity contribution in [2.75, 3.05) is 0 Å². The maximum Gasteiger partial charge on any atom is -0.0351 e. The molecule has 0 saturated carbocycles. The van der Waals surface area contributed by atoms with E-state index in [1.807, 2.05) is 0 Å². The Bertz CT molecular complexity index is 378. The van der Waals surface area contributed by atoms with Crippen molar-refractivity contribution in [3.05, 3.63) is 30.7 Å². The third kappa shape index (κ3) is 33.5. The maximum atomic E-state index is 2.57. The summed E-state index contributed by atoms with van der Waals surface area (Å²) >= 11 is 0. The van der Waals surface area contributed by atoms with Crippen LogP contribution in [0.3, 0.4) is 0 Å². The van der Waals surface area contributed by atoms with E-state index in [0.717, 1.165) is 0 Å². The molecule has 1 radical (unpaired) electrons. The molecule has 0 nitrogen and oxygen atoms in total. The van der Waals surface area contributed by atoms with Crippen molar-refractivity contribution in [3.8, 4) is 0 Å². The van der Waals surface area contributed by atoms with Gasteiger partial charge in [-0.15, -0.1) is 0 Å². The highest BCUT2D eigenvalue weighted by molar-refractivity contribution is 4.82. The predicted octanol–water partition coefficient (Wildman–Crippen LogP) is 13.7. The van der Waals surface area contributed by atoms with Crippen LogP contribution in [0.15, 0.2) is 24.3 Å². The molecule has 213 valence electrons. The van der Waals surface area contributed by atoms with Crippen molar-refractivity contribution in [2.45, 2.75) is 200 Å². The lowest BCUT2D eigenvalue weighted by molar-refractivity contribution is 0.578. The van der Waals surface area contributed by atoms with E-state index in [2.05, 4.69) is 44.6 Å². The zero-order valence-corrected chi connectivity index (χ0v) is 25.4. The van der Waals surface area contributed by atoms with Crippen molar-refractivity contribution >= 4 is 0 Å². The highest BCUT2D eigenvalue weighted by Gasteiger charge is 1.95. The van der Waals surface area contributed by atoms with Crippen molar-refractivity contribution in [3.63, 3.8) is 0 Å². The lowest BCUT2D eigenvalue weighted by Gasteiger charge is -2.03. The summed E-state index contributed by atoms with van der Waals surface area (Å²) in [7, 11) is 0. The summed E-state index contributed by atoms with van der Waals surface area (Å²) < 4.78 is 0. The molecule has 0 fully saturated rings. The van der Waals surface area contributed by atoms with Crippen LogP contribution in [0, 0.1) is 6.42 Å². The zero-order chi connectivity index (χ0) is 26.0. The molecule has 0 saturated heterocycles. The fourth-order valence-electron chi connectivity index (χ4n) is 5.04. The third-order valence-electron chi connectivity index (χ3n) is 7.59. The van der Waals surface area contributed by atoms with E-state index in [0.29, 0.717) is 0 Å². The molecule has 0 spiro atoms. The van der Waals surface area contributed by atoms with E-state index < -0.39 is 0 Å². The van der Waals surface area contributed by atoms with Gasteiger partial charge in [-0.3, -0.25) is 0 Å². The first kappa shape index (κ1) is 35.5. The standard InChI is InChI=1S/C36H69/c1-3-5-7-9-11-13-15-17-19-21-23-25-27-29-31-33-35-36-34-32-30-28-26-24-22-20-18-16-14-12-10-8-6-4-2/h17-20,35H,3-16,21-34,36H2,1-2H3. The molecule has 0 unspecified atom stereocenters. The molecule has 0 aromatic carbocycles. The van der Waals surface area contributed by atoms with Gasteiger partial charge in [0.25, 0.3) is 0 Å². The molecule has 0 rings (SSSR count). The first-order valence-corrected chi connectivity index (χ1v) is 17.0.